The highest BCUT2D eigenvalue weighted by molar-refractivity contribution is 14.0. The third kappa shape index (κ3) is 5.60. The zero-order chi connectivity index (χ0) is 17.7. The molecule has 1 aliphatic heterocycles. The van der Waals surface area contributed by atoms with Crippen LogP contribution in [-0.4, -0.2) is 55.8 Å². The van der Waals surface area contributed by atoms with Crippen LogP contribution in [0, 0.1) is 0 Å². The Morgan fingerprint density at radius 3 is 2.92 bits per heavy atom. The molecule has 0 radical (unpaired) electrons. The molecule has 26 heavy (non-hydrogen) atoms. The fourth-order valence-electron chi connectivity index (χ4n) is 2.88. The maximum Gasteiger partial charge on any atom is 0.194 e. The van der Waals surface area contributed by atoms with Crippen molar-refractivity contribution in [1.29, 1.82) is 0 Å². The van der Waals surface area contributed by atoms with E-state index in [9.17, 15) is 0 Å². The van der Waals surface area contributed by atoms with Gasteiger partial charge in [-0.05, 0) is 44.5 Å². The number of aromatic nitrogens is 3. The fourth-order valence-corrected chi connectivity index (χ4v) is 3.99. The van der Waals surface area contributed by atoms with Gasteiger partial charge in [0.2, 0.25) is 0 Å². The molecule has 1 saturated heterocycles. The van der Waals surface area contributed by atoms with Gasteiger partial charge in [-0.1, -0.05) is 0 Å². The molecule has 0 atom stereocenters. The molecular formula is C18H27IN6S. The van der Waals surface area contributed by atoms with Crippen molar-refractivity contribution in [3.63, 3.8) is 0 Å². The van der Waals surface area contributed by atoms with Crippen LogP contribution in [0.5, 0.6) is 0 Å². The Hall–Kier alpha value is -1.29. The van der Waals surface area contributed by atoms with Gasteiger partial charge in [0.05, 0.1) is 6.54 Å². The first-order valence-corrected chi connectivity index (χ1v) is 9.68. The molecule has 142 valence electrons. The average Bonchev–Trinajstić information content (AvgIpc) is 3.12. The van der Waals surface area contributed by atoms with Crippen LogP contribution in [0.15, 0.2) is 41.8 Å². The van der Waals surface area contributed by atoms with Crippen molar-refractivity contribution >= 4 is 41.7 Å². The van der Waals surface area contributed by atoms with Crippen LogP contribution in [0.3, 0.4) is 0 Å². The lowest BCUT2D eigenvalue weighted by Gasteiger charge is -2.39. The highest BCUT2D eigenvalue weighted by Crippen LogP contribution is 2.29. The molecule has 8 heteroatoms. The van der Waals surface area contributed by atoms with E-state index in [2.05, 4.69) is 41.1 Å². The molecule has 0 aliphatic carbocycles. The number of nitrogens with zero attached hydrogens (tertiary/aromatic N) is 5. The number of aliphatic imine (C=N–C) groups is 1. The summed E-state index contributed by atoms with van der Waals surface area (Å²) in [5.74, 6) is 2.95. The Morgan fingerprint density at radius 2 is 2.23 bits per heavy atom. The summed E-state index contributed by atoms with van der Waals surface area (Å²) in [4.78, 5) is 11.6. The summed E-state index contributed by atoms with van der Waals surface area (Å²) < 4.78 is 2.03. The standard InChI is InChI=1S/C18H26N6S.HI/c1-4-19-17(23-10-11-25-18(2,3)14-23)21-13-15-6-8-20-16(12-15)24-9-5-7-22-24;/h5-9,12H,4,10-11,13-14H2,1-3H3,(H,19,21);1H. The molecule has 2 aromatic heterocycles. The molecule has 0 spiro atoms. The first kappa shape index (κ1) is 21.0. The minimum absolute atomic E-state index is 0. The maximum absolute atomic E-state index is 4.86. The van der Waals surface area contributed by atoms with Crippen LogP contribution >= 0.6 is 35.7 Å². The second-order valence-corrected chi connectivity index (χ2v) is 8.47. The lowest BCUT2D eigenvalue weighted by molar-refractivity contribution is 0.376. The highest BCUT2D eigenvalue weighted by atomic mass is 127. The number of pyridine rings is 1. The average molecular weight is 486 g/mol. The van der Waals surface area contributed by atoms with E-state index in [1.54, 1.807) is 10.9 Å². The molecular weight excluding hydrogens is 459 g/mol. The number of nitrogens with one attached hydrogen (secondary N) is 1. The van der Waals surface area contributed by atoms with Gasteiger partial charge in [0.1, 0.15) is 0 Å². The van der Waals surface area contributed by atoms with E-state index >= 15 is 0 Å². The smallest absolute Gasteiger partial charge is 0.194 e. The summed E-state index contributed by atoms with van der Waals surface area (Å²) in [6.45, 7) is 10.3. The van der Waals surface area contributed by atoms with E-state index < -0.39 is 0 Å². The van der Waals surface area contributed by atoms with Gasteiger partial charge >= 0.3 is 0 Å². The monoisotopic (exact) mass is 486 g/mol. The molecule has 1 N–H and O–H groups in total. The number of hydrogen-bond acceptors (Lipinski definition) is 4. The fraction of sp³-hybridized carbons (Fsp3) is 0.500. The van der Waals surface area contributed by atoms with E-state index in [4.69, 9.17) is 4.99 Å². The summed E-state index contributed by atoms with van der Waals surface area (Å²) in [5, 5.41) is 7.67. The van der Waals surface area contributed by atoms with Crippen LogP contribution in [0.4, 0.5) is 0 Å². The number of halogens is 1. The number of rotatable bonds is 4. The largest absolute Gasteiger partial charge is 0.357 e. The van der Waals surface area contributed by atoms with E-state index in [1.165, 1.54) is 0 Å². The van der Waals surface area contributed by atoms with E-state index in [0.29, 0.717) is 6.54 Å². The second-order valence-electron chi connectivity index (χ2n) is 6.67. The van der Waals surface area contributed by atoms with Gasteiger partial charge in [0.25, 0.3) is 0 Å². The lowest BCUT2D eigenvalue weighted by Crippen LogP contribution is -2.50. The predicted octanol–water partition coefficient (Wildman–Crippen LogP) is 3.18. The molecule has 0 bridgehead atoms. The minimum atomic E-state index is 0. The van der Waals surface area contributed by atoms with E-state index in [-0.39, 0.29) is 28.7 Å². The summed E-state index contributed by atoms with van der Waals surface area (Å²) in [6, 6.07) is 5.94. The third-order valence-corrected chi connectivity index (χ3v) is 5.32. The predicted molar refractivity (Wildman–Crippen MR) is 120 cm³/mol. The van der Waals surface area contributed by atoms with Crippen LogP contribution < -0.4 is 5.32 Å². The highest BCUT2D eigenvalue weighted by Gasteiger charge is 2.28. The molecule has 1 aliphatic rings. The first-order valence-electron chi connectivity index (χ1n) is 8.69. The number of guanidine groups is 1. The summed E-state index contributed by atoms with van der Waals surface area (Å²) in [7, 11) is 0. The Balaban J connectivity index is 0.00000243. The quantitative estimate of drug-likeness (QED) is 0.409. The van der Waals surface area contributed by atoms with Gasteiger partial charge in [0, 0.05) is 48.7 Å². The Labute approximate surface area is 176 Å². The van der Waals surface area contributed by atoms with Gasteiger partial charge in [-0.25, -0.2) is 14.7 Å². The molecule has 0 aromatic carbocycles. The molecule has 0 amide bonds. The number of thioether (sulfide) groups is 1. The van der Waals surface area contributed by atoms with Crippen molar-refractivity contribution in [1.82, 2.24) is 25.0 Å². The Bertz CT molecular complexity index is 716. The number of hydrogen-bond donors (Lipinski definition) is 1. The van der Waals surface area contributed by atoms with Crippen molar-refractivity contribution in [2.24, 2.45) is 4.99 Å². The summed E-state index contributed by atoms with van der Waals surface area (Å²) >= 11 is 2.03. The van der Waals surface area contributed by atoms with Crippen molar-refractivity contribution in [3.05, 3.63) is 42.4 Å². The topological polar surface area (TPSA) is 58.3 Å². The van der Waals surface area contributed by atoms with Crippen LogP contribution in [0.25, 0.3) is 5.82 Å². The van der Waals surface area contributed by atoms with Gasteiger partial charge in [-0.15, -0.1) is 24.0 Å². The molecule has 0 saturated carbocycles. The molecule has 3 rings (SSSR count). The van der Waals surface area contributed by atoms with Crippen LogP contribution in [0.1, 0.15) is 26.3 Å². The molecule has 2 aromatic rings. The maximum atomic E-state index is 4.86. The second kappa shape index (κ2) is 9.59. The third-order valence-electron chi connectivity index (χ3n) is 4.02. The zero-order valence-corrected chi connectivity index (χ0v) is 18.7. The normalized spacial score (nSPS) is 16.9. The molecule has 0 unspecified atom stereocenters. The van der Waals surface area contributed by atoms with Crippen molar-refractivity contribution in [2.75, 3.05) is 25.4 Å². The Kier molecular flexibility index (Phi) is 7.75. The Morgan fingerprint density at radius 1 is 1.38 bits per heavy atom. The lowest BCUT2D eigenvalue weighted by atomic mass is 10.2. The summed E-state index contributed by atoms with van der Waals surface area (Å²) in [6.07, 6.45) is 5.47. The van der Waals surface area contributed by atoms with Crippen molar-refractivity contribution in [2.45, 2.75) is 32.1 Å². The van der Waals surface area contributed by atoms with Crippen LogP contribution in [0.2, 0.25) is 0 Å². The summed E-state index contributed by atoms with van der Waals surface area (Å²) in [5.41, 5.74) is 1.13. The van der Waals surface area contributed by atoms with Gasteiger partial charge < -0.3 is 10.2 Å². The zero-order valence-electron chi connectivity index (χ0n) is 15.6. The SMILES string of the molecule is CCNC(=NCc1ccnc(-n2cccn2)c1)N1CCSC(C)(C)C1.I. The van der Waals surface area contributed by atoms with E-state index in [0.717, 1.165) is 42.7 Å². The van der Waals surface area contributed by atoms with Gasteiger partial charge in [-0.3, -0.25) is 0 Å². The van der Waals surface area contributed by atoms with E-state index in [1.807, 2.05) is 42.4 Å². The van der Waals surface area contributed by atoms with Gasteiger partial charge in [0.15, 0.2) is 11.8 Å². The van der Waals surface area contributed by atoms with Crippen molar-refractivity contribution < 1.29 is 0 Å². The molecule has 3 heterocycles. The first-order chi connectivity index (χ1) is 12.1. The van der Waals surface area contributed by atoms with Crippen molar-refractivity contribution in [3.8, 4) is 5.82 Å². The molecule has 6 nitrogen and oxygen atoms in total. The minimum Gasteiger partial charge on any atom is -0.357 e. The van der Waals surface area contributed by atoms with Crippen LogP contribution in [-0.2, 0) is 6.54 Å². The molecule has 1 fully saturated rings. The van der Waals surface area contributed by atoms with Gasteiger partial charge in [-0.2, -0.15) is 16.9 Å².